The molecule has 9 heteroatoms. The van der Waals surface area contributed by atoms with Gasteiger partial charge in [0.1, 0.15) is 5.75 Å². The van der Waals surface area contributed by atoms with Gasteiger partial charge in [0.15, 0.2) is 0 Å². The molecular formula is C20H24Cl2N2O4S. The fourth-order valence-corrected chi connectivity index (χ4v) is 4.60. The van der Waals surface area contributed by atoms with Gasteiger partial charge in [0.25, 0.3) is 0 Å². The van der Waals surface area contributed by atoms with Gasteiger partial charge in [-0.15, -0.1) is 0 Å². The number of anilines is 1. The molecule has 1 amide bonds. The number of benzene rings is 2. The van der Waals surface area contributed by atoms with E-state index < -0.39 is 10.0 Å². The highest BCUT2D eigenvalue weighted by molar-refractivity contribution is 7.89. The van der Waals surface area contributed by atoms with Crippen LogP contribution < -0.4 is 10.1 Å². The zero-order valence-electron chi connectivity index (χ0n) is 16.5. The Hall–Kier alpha value is -1.80. The van der Waals surface area contributed by atoms with E-state index in [2.05, 4.69) is 5.32 Å². The number of halogens is 2. The molecule has 2 rings (SSSR count). The average molecular weight is 459 g/mol. The zero-order chi connectivity index (χ0) is 21.6. The monoisotopic (exact) mass is 458 g/mol. The van der Waals surface area contributed by atoms with Crippen LogP contribution in [0.25, 0.3) is 0 Å². The number of ether oxygens (including phenoxy) is 1. The topological polar surface area (TPSA) is 75.7 Å². The number of nitrogens with one attached hydrogen (secondary N) is 1. The van der Waals surface area contributed by atoms with Crippen molar-refractivity contribution in [3.05, 3.63) is 52.0 Å². The summed E-state index contributed by atoms with van der Waals surface area (Å²) in [6.45, 7) is 6.43. The molecular weight excluding hydrogens is 435 g/mol. The fraction of sp³-hybridized carbons (Fsp3) is 0.350. The third-order valence-corrected chi connectivity index (χ3v) is 7.00. The standard InChI is InChI=1S/C20H24Cl2N2O4S/c1-4-24(5-2)29(26,27)15-8-10-19(28-6-3)18(13-15)23-20(25)12-14-7-9-16(21)17(22)11-14/h7-11,13H,4-6,12H2,1-3H3,(H,23,25). The number of carbonyl (C=O) groups excluding carboxylic acids is 1. The second-order valence-electron chi connectivity index (χ2n) is 6.15. The van der Waals surface area contributed by atoms with E-state index in [0.717, 1.165) is 0 Å². The number of hydrogen-bond donors (Lipinski definition) is 1. The molecule has 29 heavy (non-hydrogen) atoms. The van der Waals surface area contributed by atoms with E-state index in [4.69, 9.17) is 27.9 Å². The van der Waals surface area contributed by atoms with Crippen molar-refractivity contribution in [2.75, 3.05) is 25.0 Å². The summed E-state index contributed by atoms with van der Waals surface area (Å²) >= 11 is 11.9. The van der Waals surface area contributed by atoms with Crippen LogP contribution in [0.2, 0.25) is 10.0 Å². The molecule has 0 spiro atoms. The van der Waals surface area contributed by atoms with E-state index in [9.17, 15) is 13.2 Å². The number of carbonyl (C=O) groups is 1. The number of rotatable bonds is 9. The second-order valence-corrected chi connectivity index (χ2v) is 8.91. The largest absolute Gasteiger partial charge is 0.492 e. The summed E-state index contributed by atoms with van der Waals surface area (Å²) in [5.74, 6) is 0.0650. The Morgan fingerprint density at radius 3 is 2.31 bits per heavy atom. The summed E-state index contributed by atoms with van der Waals surface area (Å²) in [4.78, 5) is 12.6. The number of sulfonamides is 1. The van der Waals surface area contributed by atoms with Gasteiger partial charge in [0.05, 0.1) is 33.7 Å². The molecule has 0 bridgehead atoms. The van der Waals surface area contributed by atoms with Crippen LogP contribution in [-0.4, -0.2) is 38.3 Å². The van der Waals surface area contributed by atoms with Crippen molar-refractivity contribution in [1.82, 2.24) is 4.31 Å². The maximum atomic E-state index is 12.8. The number of amides is 1. The molecule has 0 aromatic heterocycles. The third kappa shape index (κ3) is 5.85. The average Bonchev–Trinajstić information content (AvgIpc) is 2.67. The molecule has 0 radical (unpaired) electrons. The predicted molar refractivity (Wildman–Crippen MR) is 117 cm³/mol. The van der Waals surface area contributed by atoms with Crippen molar-refractivity contribution < 1.29 is 17.9 Å². The Morgan fingerprint density at radius 2 is 1.72 bits per heavy atom. The van der Waals surface area contributed by atoms with Crippen LogP contribution in [0.5, 0.6) is 5.75 Å². The number of nitrogens with zero attached hydrogens (tertiary/aromatic N) is 1. The molecule has 0 aliphatic carbocycles. The van der Waals surface area contributed by atoms with E-state index in [1.54, 1.807) is 38.1 Å². The van der Waals surface area contributed by atoms with Crippen LogP contribution in [0, 0.1) is 0 Å². The van der Waals surface area contributed by atoms with Crippen LogP contribution in [0.3, 0.4) is 0 Å². The lowest BCUT2D eigenvalue weighted by Gasteiger charge is -2.20. The van der Waals surface area contributed by atoms with Gasteiger partial charge in [0, 0.05) is 13.1 Å². The maximum Gasteiger partial charge on any atom is 0.243 e. The van der Waals surface area contributed by atoms with E-state index in [1.165, 1.54) is 16.4 Å². The van der Waals surface area contributed by atoms with Gasteiger partial charge in [-0.05, 0) is 42.8 Å². The molecule has 158 valence electrons. The van der Waals surface area contributed by atoms with Crippen molar-refractivity contribution >= 4 is 44.8 Å². The lowest BCUT2D eigenvalue weighted by Crippen LogP contribution is -2.30. The molecule has 0 saturated heterocycles. The summed E-state index contributed by atoms with van der Waals surface area (Å²) in [6.07, 6.45) is 0.0511. The summed E-state index contributed by atoms with van der Waals surface area (Å²) < 4.78 is 32.5. The molecule has 0 aliphatic rings. The first-order valence-corrected chi connectivity index (χ1v) is 11.4. The van der Waals surface area contributed by atoms with Crippen molar-refractivity contribution in [2.45, 2.75) is 32.1 Å². The second kappa shape index (κ2) is 10.3. The Kier molecular flexibility index (Phi) is 8.34. The minimum atomic E-state index is -3.67. The fourth-order valence-electron chi connectivity index (χ4n) is 2.79. The zero-order valence-corrected chi connectivity index (χ0v) is 18.9. The van der Waals surface area contributed by atoms with Gasteiger partial charge >= 0.3 is 0 Å². The molecule has 0 aliphatic heterocycles. The normalized spacial score (nSPS) is 11.5. The van der Waals surface area contributed by atoms with Crippen molar-refractivity contribution in [2.24, 2.45) is 0 Å². The first kappa shape index (κ1) is 23.5. The van der Waals surface area contributed by atoms with Crippen LogP contribution >= 0.6 is 23.2 Å². The quantitative estimate of drug-likeness (QED) is 0.595. The Labute approximate surface area is 181 Å². The minimum absolute atomic E-state index is 0.0511. The molecule has 0 saturated carbocycles. The Bertz CT molecular complexity index is 976. The molecule has 0 unspecified atom stereocenters. The maximum absolute atomic E-state index is 12.8. The third-order valence-electron chi connectivity index (χ3n) is 4.22. The van der Waals surface area contributed by atoms with Crippen LogP contribution in [-0.2, 0) is 21.2 Å². The predicted octanol–water partition coefficient (Wildman–Crippen LogP) is 4.60. The smallest absolute Gasteiger partial charge is 0.243 e. The summed E-state index contributed by atoms with van der Waals surface area (Å²) in [5, 5.41) is 3.51. The van der Waals surface area contributed by atoms with Gasteiger partial charge in [-0.3, -0.25) is 4.79 Å². The van der Waals surface area contributed by atoms with Gasteiger partial charge in [-0.25, -0.2) is 8.42 Å². The van der Waals surface area contributed by atoms with Crippen LogP contribution in [0.15, 0.2) is 41.3 Å². The highest BCUT2D eigenvalue weighted by Gasteiger charge is 2.23. The highest BCUT2D eigenvalue weighted by Crippen LogP contribution is 2.30. The molecule has 0 atom stereocenters. The SMILES string of the molecule is CCOc1ccc(S(=O)(=O)N(CC)CC)cc1NC(=O)Cc1ccc(Cl)c(Cl)c1. The molecule has 2 aromatic carbocycles. The van der Waals surface area contributed by atoms with Crippen LogP contribution in [0.1, 0.15) is 26.3 Å². The summed E-state index contributed by atoms with van der Waals surface area (Å²) in [6, 6.07) is 9.40. The van der Waals surface area contributed by atoms with E-state index in [-0.39, 0.29) is 17.2 Å². The van der Waals surface area contributed by atoms with Crippen LogP contribution in [0.4, 0.5) is 5.69 Å². The first-order valence-electron chi connectivity index (χ1n) is 9.23. The van der Waals surface area contributed by atoms with E-state index >= 15 is 0 Å². The van der Waals surface area contributed by atoms with Gasteiger partial charge in [-0.1, -0.05) is 43.1 Å². The summed E-state index contributed by atoms with van der Waals surface area (Å²) in [7, 11) is -3.67. The highest BCUT2D eigenvalue weighted by atomic mass is 35.5. The van der Waals surface area contributed by atoms with Gasteiger partial charge in [0.2, 0.25) is 15.9 Å². The van der Waals surface area contributed by atoms with Crippen molar-refractivity contribution in [1.29, 1.82) is 0 Å². The molecule has 2 aromatic rings. The van der Waals surface area contributed by atoms with Crippen molar-refractivity contribution in [3.8, 4) is 5.75 Å². The molecule has 6 nitrogen and oxygen atoms in total. The summed E-state index contributed by atoms with van der Waals surface area (Å²) in [5.41, 5.74) is 0.979. The Balaban J connectivity index is 2.31. The number of hydrogen-bond acceptors (Lipinski definition) is 4. The minimum Gasteiger partial charge on any atom is -0.492 e. The Morgan fingerprint density at radius 1 is 1.03 bits per heavy atom. The van der Waals surface area contributed by atoms with Gasteiger partial charge < -0.3 is 10.1 Å². The molecule has 0 fully saturated rings. The lowest BCUT2D eigenvalue weighted by molar-refractivity contribution is -0.115. The molecule has 0 heterocycles. The lowest BCUT2D eigenvalue weighted by atomic mass is 10.1. The van der Waals surface area contributed by atoms with E-state index in [1.807, 2.05) is 6.92 Å². The van der Waals surface area contributed by atoms with E-state index in [0.29, 0.717) is 46.7 Å². The molecule has 1 N–H and O–H groups in total. The van der Waals surface area contributed by atoms with Crippen molar-refractivity contribution in [3.63, 3.8) is 0 Å². The first-order chi connectivity index (χ1) is 13.7. The van der Waals surface area contributed by atoms with Gasteiger partial charge in [-0.2, -0.15) is 4.31 Å².